The van der Waals surface area contributed by atoms with Crippen LogP contribution in [0.5, 0.6) is 0 Å². The first-order valence-corrected chi connectivity index (χ1v) is 14.3. The van der Waals surface area contributed by atoms with Gasteiger partial charge in [-0.25, -0.2) is 0 Å². The van der Waals surface area contributed by atoms with E-state index >= 15 is 0 Å². The van der Waals surface area contributed by atoms with Gasteiger partial charge >= 0.3 is 0 Å². The smallest absolute Gasteiger partial charge is 0.0804 e. The Hall–Kier alpha value is -2.75. The van der Waals surface area contributed by atoms with Crippen LogP contribution in [-0.4, -0.2) is 13.1 Å². The van der Waals surface area contributed by atoms with Crippen molar-refractivity contribution >= 4 is 44.8 Å². The minimum absolute atomic E-state index is 1.14. The number of hydrogen-bond acceptors (Lipinski definition) is 2. The minimum atomic E-state index is -1.59. The number of hydrogen-bond donors (Lipinski definition) is 0. The van der Waals surface area contributed by atoms with Gasteiger partial charge in [-0.05, 0) is 34.5 Å². The Morgan fingerprint density at radius 3 is 2.17 bits per heavy atom. The quantitative estimate of drug-likeness (QED) is 0.284. The van der Waals surface area contributed by atoms with Crippen LogP contribution in [0.1, 0.15) is 0 Å². The van der Waals surface area contributed by atoms with Crippen LogP contribution in [0.4, 0.5) is 0 Å². The summed E-state index contributed by atoms with van der Waals surface area (Å²) in [5, 5.41) is 4.08. The predicted molar refractivity (Wildman–Crippen MR) is 131 cm³/mol. The van der Waals surface area contributed by atoms with Crippen LogP contribution < -0.4 is 5.19 Å². The van der Waals surface area contributed by atoms with Gasteiger partial charge in [0.05, 0.1) is 13.8 Å². The normalized spacial score (nSPS) is 12.0. The van der Waals surface area contributed by atoms with Gasteiger partial charge in [-0.15, -0.1) is 11.3 Å². The summed E-state index contributed by atoms with van der Waals surface area (Å²) in [4.78, 5) is 5.00. The number of fused-ring (bicyclic) bond motifs is 3. The molecular weight excluding hydrogens is 386 g/mol. The van der Waals surface area contributed by atoms with Crippen molar-refractivity contribution in [3.8, 4) is 22.4 Å². The molecule has 3 heteroatoms. The topological polar surface area (TPSA) is 12.9 Å². The Labute approximate surface area is 176 Å². The summed E-state index contributed by atoms with van der Waals surface area (Å²) >= 11 is 1.86. The third-order valence-electron chi connectivity index (χ3n) is 5.45. The average Bonchev–Trinajstić information content (AvgIpc) is 3.11. The SMILES string of the molecule is C[Si](C)(C)c1cc(-c2ccccc2)cnc1-c1ccc2sc3ccccc3c2c1. The number of pyridine rings is 1. The molecule has 0 N–H and O–H groups in total. The number of rotatable bonds is 3. The van der Waals surface area contributed by atoms with Crippen molar-refractivity contribution in [3.63, 3.8) is 0 Å². The largest absolute Gasteiger partial charge is 0.256 e. The van der Waals surface area contributed by atoms with Gasteiger partial charge in [0.25, 0.3) is 0 Å². The Balaban J connectivity index is 1.71. The molecule has 2 aromatic heterocycles. The van der Waals surface area contributed by atoms with Gasteiger partial charge in [-0.3, -0.25) is 4.98 Å². The molecule has 0 saturated heterocycles. The molecule has 29 heavy (non-hydrogen) atoms. The fourth-order valence-electron chi connectivity index (χ4n) is 3.93. The molecule has 0 unspecified atom stereocenters. The van der Waals surface area contributed by atoms with E-state index in [0.29, 0.717) is 0 Å². The minimum Gasteiger partial charge on any atom is -0.256 e. The molecule has 0 aliphatic heterocycles. The van der Waals surface area contributed by atoms with Gasteiger partial charge in [-0.1, -0.05) is 80.3 Å². The van der Waals surface area contributed by atoms with Crippen LogP contribution >= 0.6 is 11.3 Å². The highest BCUT2D eigenvalue weighted by Gasteiger charge is 2.23. The number of aromatic nitrogens is 1. The highest BCUT2D eigenvalue weighted by atomic mass is 32.1. The fraction of sp³-hybridized carbons (Fsp3) is 0.115. The first-order valence-electron chi connectivity index (χ1n) is 9.98. The Kier molecular flexibility index (Phi) is 4.38. The number of thiophene rings is 1. The molecule has 0 saturated carbocycles. The zero-order valence-corrected chi connectivity index (χ0v) is 18.8. The van der Waals surface area contributed by atoms with Crippen LogP contribution in [0.25, 0.3) is 42.6 Å². The molecular formula is C26H23NSSi. The van der Waals surface area contributed by atoms with Gasteiger partial charge in [0.15, 0.2) is 0 Å². The van der Waals surface area contributed by atoms with E-state index in [1.54, 1.807) is 0 Å². The summed E-state index contributed by atoms with van der Waals surface area (Å²) in [5.74, 6) is 0. The molecule has 0 aliphatic rings. The van der Waals surface area contributed by atoms with E-state index in [1.165, 1.54) is 42.0 Å². The summed E-state index contributed by atoms with van der Waals surface area (Å²) in [7, 11) is -1.59. The van der Waals surface area contributed by atoms with Crippen molar-refractivity contribution in [1.29, 1.82) is 0 Å². The van der Waals surface area contributed by atoms with Crippen molar-refractivity contribution < 1.29 is 0 Å². The average molecular weight is 410 g/mol. The van der Waals surface area contributed by atoms with Gasteiger partial charge in [0, 0.05) is 31.9 Å². The van der Waals surface area contributed by atoms with Crippen LogP contribution in [0.3, 0.4) is 0 Å². The van der Waals surface area contributed by atoms with Gasteiger partial charge < -0.3 is 0 Å². The van der Waals surface area contributed by atoms with E-state index in [4.69, 9.17) is 4.98 Å². The molecule has 142 valence electrons. The lowest BCUT2D eigenvalue weighted by atomic mass is 10.0. The standard InChI is InChI=1S/C26H23NSSi/c1-29(2,3)25-16-20(18-9-5-4-6-10-18)17-27-26(25)19-13-14-24-22(15-19)21-11-7-8-12-23(21)28-24/h4-17H,1-3H3. The Morgan fingerprint density at radius 2 is 1.38 bits per heavy atom. The van der Waals surface area contributed by atoms with E-state index in [0.717, 1.165) is 5.69 Å². The Morgan fingerprint density at radius 1 is 0.655 bits per heavy atom. The van der Waals surface area contributed by atoms with Crippen LogP contribution in [0, 0.1) is 0 Å². The molecule has 0 bridgehead atoms. The summed E-state index contributed by atoms with van der Waals surface area (Å²) in [6.45, 7) is 7.21. The summed E-state index contributed by atoms with van der Waals surface area (Å²) in [6, 6.07) is 28.5. The molecule has 0 radical (unpaired) electrons. The summed E-state index contributed by atoms with van der Waals surface area (Å²) < 4.78 is 2.68. The molecule has 1 nitrogen and oxygen atoms in total. The maximum absolute atomic E-state index is 5.00. The van der Waals surface area contributed by atoms with E-state index in [2.05, 4.69) is 98.5 Å². The lowest BCUT2D eigenvalue weighted by Gasteiger charge is -2.21. The molecule has 0 spiro atoms. The first-order chi connectivity index (χ1) is 14.0. The monoisotopic (exact) mass is 409 g/mol. The molecule has 5 rings (SSSR count). The van der Waals surface area contributed by atoms with E-state index < -0.39 is 8.07 Å². The second-order valence-electron chi connectivity index (χ2n) is 8.55. The van der Waals surface area contributed by atoms with Crippen molar-refractivity contribution in [2.75, 3.05) is 0 Å². The van der Waals surface area contributed by atoms with Crippen molar-refractivity contribution in [1.82, 2.24) is 4.98 Å². The zero-order valence-electron chi connectivity index (χ0n) is 16.9. The predicted octanol–water partition coefficient (Wildman–Crippen LogP) is 7.33. The third-order valence-corrected chi connectivity index (χ3v) is 8.60. The maximum atomic E-state index is 5.00. The van der Waals surface area contributed by atoms with Crippen molar-refractivity contribution in [2.45, 2.75) is 19.6 Å². The second kappa shape index (κ2) is 6.94. The summed E-state index contributed by atoms with van der Waals surface area (Å²) in [6.07, 6.45) is 2.03. The van der Waals surface area contributed by atoms with Gasteiger partial charge in [0.2, 0.25) is 0 Å². The molecule has 0 fully saturated rings. The zero-order chi connectivity index (χ0) is 20.0. The van der Waals surface area contributed by atoms with E-state index in [9.17, 15) is 0 Å². The van der Waals surface area contributed by atoms with E-state index in [1.807, 2.05) is 17.5 Å². The van der Waals surface area contributed by atoms with Crippen molar-refractivity contribution in [2.24, 2.45) is 0 Å². The van der Waals surface area contributed by atoms with E-state index in [-0.39, 0.29) is 0 Å². The molecule has 0 aliphatic carbocycles. The molecule has 2 heterocycles. The molecule has 5 aromatic rings. The van der Waals surface area contributed by atoms with Crippen molar-refractivity contribution in [3.05, 3.63) is 85.1 Å². The third kappa shape index (κ3) is 3.31. The summed E-state index contributed by atoms with van der Waals surface area (Å²) in [5.41, 5.74) is 4.79. The highest BCUT2D eigenvalue weighted by molar-refractivity contribution is 7.25. The van der Waals surface area contributed by atoms with Gasteiger partial charge in [-0.2, -0.15) is 0 Å². The maximum Gasteiger partial charge on any atom is 0.0804 e. The van der Waals surface area contributed by atoms with Crippen LogP contribution in [0.2, 0.25) is 19.6 Å². The first kappa shape index (κ1) is 18.3. The molecule has 0 atom stereocenters. The van der Waals surface area contributed by atoms with Crippen LogP contribution in [-0.2, 0) is 0 Å². The Bertz CT molecular complexity index is 1330. The lowest BCUT2D eigenvalue weighted by Crippen LogP contribution is -2.39. The fourth-order valence-corrected chi connectivity index (χ4v) is 6.52. The lowest BCUT2D eigenvalue weighted by molar-refractivity contribution is 1.34. The molecule has 0 amide bonds. The molecule has 3 aromatic carbocycles. The van der Waals surface area contributed by atoms with Gasteiger partial charge in [0.1, 0.15) is 0 Å². The van der Waals surface area contributed by atoms with Crippen LogP contribution in [0.15, 0.2) is 85.1 Å². The second-order valence-corrected chi connectivity index (χ2v) is 14.7. The number of nitrogens with zero attached hydrogens (tertiary/aromatic N) is 1. The highest BCUT2D eigenvalue weighted by Crippen LogP contribution is 2.36. The number of benzene rings is 3.